The molecule has 2 saturated carbocycles. The van der Waals surface area contributed by atoms with E-state index in [1.54, 1.807) is 17.8 Å². The largest absolute Gasteiger partial charge is 0.467 e. The smallest absolute Gasteiger partial charge is 0.336 e. The first-order valence-corrected chi connectivity index (χ1v) is 15.6. The van der Waals surface area contributed by atoms with Crippen LogP contribution in [0.1, 0.15) is 82.2 Å². The molecule has 3 atom stereocenters. The van der Waals surface area contributed by atoms with Crippen LogP contribution in [0.5, 0.6) is 0 Å². The Bertz CT molecular complexity index is 914. The second kappa shape index (κ2) is 13.0. The Kier molecular flexibility index (Phi) is 9.96. The van der Waals surface area contributed by atoms with Crippen LogP contribution in [0.25, 0.3) is 0 Å². The zero-order chi connectivity index (χ0) is 26.4. The van der Waals surface area contributed by atoms with Crippen LogP contribution in [0.3, 0.4) is 0 Å². The Morgan fingerprint density at radius 1 is 1.19 bits per heavy atom. The van der Waals surface area contributed by atoms with Gasteiger partial charge < -0.3 is 14.5 Å². The molecule has 1 aliphatic heterocycles. The predicted molar refractivity (Wildman–Crippen MR) is 152 cm³/mol. The third kappa shape index (κ3) is 6.35. The van der Waals surface area contributed by atoms with Crippen molar-refractivity contribution in [3.63, 3.8) is 0 Å². The van der Waals surface area contributed by atoms with Crippen LogP contribution in [-0.4, -0.2) is 72.9 Å². The highest BCUT2D eigenvalue weighted by atomic mass is 32.2. The number of esters is 1. The van der Waals surface area contributed by atoms with Crippen molar-refractivity contribution in [3.8, 4) is 0 Å². The number of methoxy groups -OCH3 is 1. The SMILES string of the molecule is COC(=O)C1(CCSC)N=CN(C2CCCCC2)C1CC1CCC(C(c2cccc(F)c2)N(C)C)CC1. The van der Waals surface area contributed by atoms with Crippen molar-refractivity contribution in [1.82, 2.24) is 9.80 Å². The van der Waals surface area contributed by atoms with Gasteiger partial charge in [-0.3, -0.25) is 4.99 Å². The standard InChI is InChI=1S/C30H46FN3O2S/c1-33(2)28(24-9-8-10-25(31)20-24)23-15-13-22(14-16-23)19-27-30(17-18-37-4,29(35)36-3)32-21-34(27)26-11-6-5-7-12-26/h8-10,20-23,26-28H,5-7,11-19H2,1-4H3. The highest BCUT2D eigenvalue weighted by molar-refractivity contribution is 7.98. The minimum Gasteiger partial charge on any atom is -0.467 e. The van der Waals surface area contributed by atoms with E-state index in [0.717, 1.165) is 49.8 Å². The molecule has 37 heavy (non-hydrogen) atoms. The average Bonchev–Trinajstić information content (AvgIpc) is 3.27. The van der Waals surface area contributed by atoms with Crippen molar-refractivity contribution >= 4 is 24.1 Å². The molecule has 0 radical (unpaired) electrons. The van der Waals surface area contributed by atoms with E-state index in [4.69, 9.17) is 9.73 Å². The van der Waals surface area contributed by atoms with Crippen molar-refractivity contribution < 1.29 is 13.9 Å². The first-order chi connectivity index (χ1) is 17.9. The highest BCUT2D eigenvalue weighted by Crippen LogP contribution is 2.44. The number of aliphatic imine (C=N–C) groups is 1. The van der Waals surface area contributed by atoms with Gasteiger partial charge in [0.2, 0.25) is 0 Å². The van der Waals surface area contributed by atoms with E-state index in [2.05, 4.69) is 36.2 Å². The van der Waals surface area contributed by atoms with Crippen LogP contribution in [-0.2, 0) is 9.53 Å². The molecule has 0 aromatic heterocycles. The van der Waals surface area contributed by atoms with E-state index in [9.17, 15) is 9.18 Å². The molecule has 0 spiro atoms. The molecule has 5 nitrogen and oxygen atoms in total. The highest BCUT2D eigenvalue weighted by Gasteiger charge is 2.53. The van der Waals surface area contributed by atoms with E-state index in [-0.39, 0.29) is 23.9 Å². The summed E-state index contributed by atoms with van der Waals surface area (Å²) in [6.07, 6.45) is 16.5. The molecule has 2 fully saturated rings. The second-order valence-corrected chi connectivity index (χ2v) is 12.6. The molecule has 0 amide bonds. The van der Waals surface area contributed by atoms with Gasteiger partial charge in [0.05, 0.1) is 19.5 Å². The summed E-state index contributed by atoms with van der Waals surface area (Å²) in [5.74, 6) is 1.62. The van der Waals surface area contributed by atoms with Crippen LogP contribution in [0.15, 0.2) is 29.3 Å². The lowest BCUT2D eigenvalue weighted by molar-refractivity contribution is -0.149. The van der Waals surface area contributed by atoms with Gasteiger partial charge in [0.15, 0.2) is 5.54 Å². The summed E-state index contributed by atoms with van der Waals surface area (Å²) < 4.78 is 19.4. The first kappa shape index (κ1) is 28.4. The lowest BCUT2D eigenvalue weighted by atomic mass is 9.72. The van der Waals surface area contributed by atoms with Gasteiger partial charge >= 0.3 is 5.97 Å². The fourth-order valence-corrected chi connectivity index (χ4v) is 7.84. The summed E-state index contributed by atoms with van der Waals surface area (Å²) in [4.78, 5) is 23.0. The summed E-state index contributed by atoms with van der Waals surface area (Å²) in [6.45, 7) is 0. The van der Waals surface area contributed by atoms with E-state index < -0.39 is 5.54 Å². The Hall–Kier alpha value is -1.60. The van der Waals surface area contributed by atoms with Crippen LogP contribution < -0.4 is 0 Å². The quantitative estimate of drug-likeness (QED) is 0.330. The number of hydrogen-bond donors (Lipinski definition) is 0. The Labute approximate surface area is 227 Å². The number of carbonyl (C=O) groups is 1. The number of carbonyl (C=O) groups excluding carboxylic acids is 1. The molecule has 2 aliphatic carbocycles. The third-order valence-corrected chi connectivity index (χ3v) is 9.81. The zero-order valence-electron chi connectivity index (χ0n) is 23.2. The molecule has 4 rings (SSSR count). The minimum atomic E-state index is -0.792. The number of nitrogens with zero attached hydrogens (tertiary/aromatic N) is 3. The molecule has 7 heteroatoms. The van der Waals surface area contributed by atoms with E-state index in [1.807, 2.05) is 12.4 Å². The summed E-state index contributed by atoms with van der Waals surface area (Å²) in [6, 6.07) is 7.89. The lowest BCUT2D eigenvalue weighted by Crippen LogP contribution is -2.55. The van der Waals surface area contributed by atoms with Crippen molar-refractivity contribution in [2.75, 3.05) is 33.2 Å². The van der Waals surface area contributed by atoms with Gasteiger partial charge in [0, 0.05) is 12.1 Å². The maximum Gasteiger partial charge on any atom is 0.336 e. The van der Waals surface area contributed by atoms with Crippen molar-refractivity contribution in [3.05, 3.63) is 35.6 Å². The van der Waals surface area contributed by atoms with Gasteiger partial charge in [-0.15, -0.1) is 0 Å². The Morgan fingerprint density at radius 2 is 1.92 bits per heavy atom. The van der Waals surface area contributed by atoms with Gasteiger partial charge in [-0.25, -0.2) is 9.18 Å². The summed E-state index contributed by atoms with van der Waals surface area (Å²) in [5.41, 5.74) is 0.280. The predicted octanol–water partition coefficient (Wildman–Crippen LogP) is 6.34. The molecule has 0 saturated heterocycles. The first-order valence-electron chi connectivity index (χ1n) is 14.2. The molecular formula is C30H46FN3O2S. The average molecular weight is 532 g/mol. The summed E-state index contributed by atoms with van der Waals surface area (Å²) in [5, 5.41) is 0. The fourth-order valence-electron chi connectivity index (χ4n) is 7.32. The zero-order valence-corrected chi connectivity index (χ0v) is 24.0. The van der Waals surface area contributed by atoms with Crippen LogP contribution in [0.4, 0.5) is 4.39 Å². The maximum atomic E-state index is 14.0. The van der Waals surface area contributed by atoms with Crippen LogP contribution >= 0.6 is 11.8 Å². The molecule has 0 N–H and O–H groups in total. The Morgan fingerprint density at radius 3 is 2.54 bits per heavy atom. The van der Waals surface area contributed by atoms with Gasteiger partial charge in [-0.2, -0.15) is 11.8 Å². The van der Waals surface area contributed by atoms with Crippen molar-refractivity contribution in [2.24, 2.45) is 16.8 Å². The molecule has 206 valence electrons. The topological polar surface area (TPSA) is 45.1 Å². The molecule has 0 bridgehead atoms. The molecule has 1 aromatic rings. The van der Waals surface area contributed by atoms with Crippen molar-refractivity contribution in [1.29, 1.82) is 0 Å². The Balaban J connectivity index is 1.50. The number of halogens is 1. The molecule has 1 aromatic carbocycles. The van der Waals surface area contributed by atoms with Gasteiger partial charge in [0.25, 0.3) is 0 Å². The number of ether oxygens (including phenoxy) is 1. The monoisotopic (exact) mass is 531 g/mol. The van der Waals surface area contributed by atoms with Crippen LogP contribution in [0.2, 0.25) is 0 Å². The number of benzene rings is 1. The number of hydrogen-bond acceptors (Lipinski definition) is 6. The normalized spacial score (nSPS) is 29.6. The van der Waals surface area contributed by atoms with E-state index in [1.165, 1.54) is 45.3 Å². The third-order valence-electron chi connectivity index (χ3n) is 9.20. The molecular weight excluding hydrogens is 485 g/mol. The van der Waals surface area contributed by atoms with Gasteiger partial charge in [-0.1, -0.05) is 44.2 Å². The van der Waals surface area contributed by atoms with Crippen LogP contribution in [0, 0.1) is 17.7 Å². The molecule has 3 unspecified atom stereocenters. The van der Waals surface area contributed by atoms with E-state index in [0.29, 0.717) is 17.9 Å². The summed E-state index contributed by atoms with van der Waals surface area (Å²) in [7, 11) is 5.73. The number of rotatable bonds is 10. The number of thioether (sulfide) groups is 1. The minimum absolute atomic E-state index is 0.0737. The lowest BCUT2D eigenvalue weighted by Gasteiger charge is -2.43. The van der Waals surface area contributed by atoms with Crippen molar-refractivity contribution in [2.45, 2.75) is 94.3 Å². The maximum absolute atomic E-state index is 14.0. The second-order valence-electron chi connectivity index (χ2n) is 11.6. The summed E-state index contributed by atoms with van der Waals surface area (Å²) >= 11 is 1.77. The van der Waals surface area contributed by atoms with E-state index >= 15 is 0 Å². The van der Waals surface area contributed by atoms with Gasteiger partial charge in [0.1, 0.15) is 5.82 Å². The molecule has 1 heterocycles. The molecule has 3 aliphatic rings. The van der Waals surface area contributed by atoms with Gasteiger partial charge in [-0.05, 0) is 94.2 Å². The fraction of sp³-hybridized carbons (Fsp3) is 0.733.